The lowest BCUT2D eigenvalue weighted by Gasteiger charge is -2.26. The van der Waals surface area contributed by atoms with Crippen LogP contribution < -0.4 is 10.2 Å². The summed E-state index contributed by atoms with van der Waals surface area (Å²) in [6.45, 7) is 5.22. The van der Waals surface area contributed by atoms with Crippen molar-refractivity contribution in [1.29, 1.82) is 0 Å². The fourth-order valence-electron chi connectivity index (χ4n) is 4.70. The Hall–Kier alpha value is -3.56. The van der Waals surface area contributed by atoms with E-state index in [1.54, 1.807) is 6.07 Å². The van der Waals surface area contributed by atoms with Crippen LogP contribution in [0.25, 0.3) is 11.0 Å². The Morgan fingerprint density at radius 1 is 1.16 bits per heavy atom. The SMILES string of the molecule is CC(C)C(=O)N1CCC(N(C)c2nc3ccc(NC(=O)CCc4ccc(C(F)(F)F)cc4)cc3n2C)C1. The number of nitrogens with one attached hydrogen (secondary N) is 1. The monoisotopic (exact) mass is 515 g/mol. The molecule has 1 aromatic heterocycles. The Morgan fingerprint density at radius 2 is 1.86 bits per heavy atom. The van der Waals surface area contributed by atoms with Gasteiger partial charge in [-0.1, -0.05) is 26.0 Å². The molecule has 7 nitrogen and oxygen atoms in total. The number of carbonyl (C=O) groups is 2. The van der Waals surface area contributed by atoms with Crippen molar-refractivity contribution in [2.24, 2.45) is 13.0 Å². The van der Waals surface area contributed by atoms with E-state index in [0.29, 0.717) is 24.2 Å². The minimum Gasteiger partial charge on any atom is -0.340 e. The molecule has 1 fully saturated rings. The van der Waals surface area contributed by atoms with Gasteiger partial charge < -0.3 is 19.7 Å². The first-order valence-corrected chi connectivity index (χ1v) is 12.4. The van der Waals surface area contributed by atoms with Crippen LogP contribution in [0.4, 0.5) is 24.8 Å². The van der Waals surface area contributed by atoms with E-state index in [2.05, 4.69) is 10.2 Å². The maximum absolute atomic E-state index is 12.7. The molecule has 0 bridgehead atoms. The summed E-state index contributed by atoms with van der Waals surface area (Å²) in [5.74, 6) is 0.701. The van der Waals surface area contributed by atoms with E-state index < -0.39 is 11.7 Å². The smallest absolute Gasteiger partial charge is 0.340 e. The first kappa shape index (κ1) is 26.5. The van der Waals surface area contributed by atoms with Crippen LogP contribution in [0.3, 0.4) is 0 Å². The lowest BCUT2D eigenvalue weighted by molar-refractivity contribution is -0.137. The van der Waals surface area contributed by atoms with Gasteiger partial charge in [-0.2, -0.15) is 13.2 Å². The highest BCUT2D eigenvalue weighted by Crippen LogP contribution is 2.30. The second-order valence-electron chi connectivity index (χ2n) is 9.91. The summed E-state index contributed by atoms with van der Waals surface area (Å²) < 4.78 is 40.1. The number of benzene rings is 2. The maximum Gasteiger partial charge on any atom is 0.416 e. The van der Waals surface area contributed by atoms with Crippen molar-refractivity contribution in [2.75, 3.05) is 30.4 Å². The molecule has 1 atom stereocenters. The Morgan fingerprint density at radius 3 is 2.51 bits per heavy atom. The third kappa shape index (κ3) is 5.89. The quantitative estimate of drug-likeness (QED) is 0.488. The second kappa shape index (κ2) is 10.4. The number of fused-ring (bicyclic) bond motifs is 1. The van der Waals surface area contributed by atoms with E-state index in [9.17, 15) is 22.8 Å². The standard InChI is InChI=1S/C27H32F3N5O2/c1-17(2)25(37)35-14-13-21(16-35)33(3)26-32-22-11-10-20(15-23(22)34(26)4)31-24(36)12-7-18-5-8-19(9-6-18)27(28,29)30/h5-6,8-11,15,17,21H,7,12-14,16H2,1-4H3,(H,31,36). The number of likely N-dealkylation sites (N-methyl/N-ethyl adjacent to an activating group) is 1. The molecule has 1 unspecified atom stereocenters. The molecule has 4 rings (SSSR count). The number of hydrogen-bond acceptors (Lipinski definition) is 4. The zero-order valence-electron chi connectivity index (χ0n) is 21.5. The number of aryl methyl sites for hydroxylation is 2. The van der Waals surface area contributed by atoms with Crippen LogP contribution in [0.15, 0.2) is 42.5 Å². The van der Waals surface area contributed by atoms with Crippen molar-refractivity contribution < 1.29 is 22.8 Å². The second-order valence-corrected chi connectivity index (χ2v) is 9.91. The topological polar surface area (TPSA) is 70.5 Å². The molecule has 0 aliphatic carbocycles. The minimum atomic E-state index is -4.38. The first-order chi connectivity index (χ1) is 17.4. The molecule has 1 aliphatic heterocycles. The average molecular weight is 516 g/mol. The number of anilines is 2. The van der Waals surface area contributed by atoms with Crippen LogP contribution in [-0.4, -0.2) is 52.4 Å². The molecule has 1 saturated heterocycles. The molecule has 10 heteroatoms. The van der Waals surface area contributed by atoms with Crippen molar-refractivity contribution in [3.63, 3.8) is 0 Å². The van der Waals surface area contributed by atoms with E-state index in [1.807, 2.05) is 49.5 Å². The predicted molar refractivity (Wildman–Crippen MR) is 137 cm³/mol. The van der Waals surface area contributed by atoms with E-state index >= 15 is 0 Å². The predicted octanol–water partition coefficient (Wildman–Crippen LogP) is 4.86. The molecular weight excluding hydrogens is 483 g/mol. The highest BCUT2D eigenvalue weighted by atomic mass is 19.4. The Balaban J connectivity index is 1.39. The fourth-order valence-corrected chi connectivity index (χ4v) is 4.70. The van der Waals surface area contributed by atoms with E-state index in [0.717, 1.165) is 42.1 Å². The van der Waals surface area contributed by atoms with Gasteiger partial charge in [-0.25, -0.2) is 4.98 Å². The van der Waals surface area contributed by atoms with Crippen LogP contribution in [0.1, 0.15) is 37.8 Å². The molecule has 3 aromatic rings. The van der Waals surface area contributed by atoms with Gasteiger partial charge in [-0.05, 0) is 48.7 Å². The molecular formula is C27H32F3N5O2. The molecule has 0 spiro atoms. The summed E-state index contributed by atoms with van der Waals surface area (Å²) >= 11 is 0. The third-order valence-corrected chi connectivity index (χ3v) is 6.90. The third-order valence-electron chi connectivity index (χ3n) is 6.90. The van der Waals surface area contributed by atoms with Gasteiger partial charge in [0.25, 0.3) is 0 Å². The van der Waals surface area contributed by atoms with Crippen molar-refractivity contribution >= 4 is 34.5 Å². The maximum atomic E-state index is 12.7. The lowest BCUT2D eigenvalue weighted by Crippen LogP contribution is -2.38. The van der Waals surface area contributed by atoms with Crippen LogP contribution in [-0.2, 0) is 29.2 Å². The van der Waals surface area contributed by atoms with Crippen molar-refractivity contribution in [1.82, 2.24) is 14.5 Å². The summed E-state index contributed by atoms with van der Waals surface area (Å²) in [6, 6.07) is 10.5. The lowest BCUT2D eigenvalue weighted by atomic mass is 10.1. The molecule has 0 saturated carbocycles. The summed E-state index contributed by atoms with van der Waals surface area (Å²) in [7, 11) is 3.91. The number of imidazole rings is 1. The Labute approximate surface area is 214 Å². The Kier molecular flexibility index (Phi) is 7.47. The van der Waals surface area contributed by atoms with E-state index in [-0.39, 0.29) is 30.2 Å². The number of alkyl halides is 3. The van der Waals surface area contributed by atoms with Gasteiger partial charge in [-0.15, -0.1) is 0 Å². The number of aromatic nitrogens is 2. The molecule has 1 aliphatic rings. The van der Waals surface area contributed by atoms with Crippen LogP contribution >= 0.6 is 0 Å². The van der Waals surface area contributed by atoms with Gasteiger partial charge in [-0.3, -0.25) is 9.59 Å². The molecule has 1 N–H and O–H groups in total. The summed E-state index contributed by atoms with van der Waals surface area (Å²) in [5, 5.41) is 2.87. The summed E-state index contributed by atoms with van der Waals surface area (Å²) in [6.07, 6.45) is -3.02. The number of hydrogen-bond donors (Lipinski definition) is 1. The number of halogens is 3. The van der Waals surface area contributed by atoms with E-state index in [1.165, 1.54) is 12.1 Å². The van der Waals surface area contributed by atoms with Crippen LogP contribution in [0.5, 0.6) is 0 Å². The molecule has 198 valence electrons. The zero-order chi connectivity index (χ0) is 26.9. The largest absolute Gasteiger partial charge is 0.416 e. The minimum absolute atomic E-state index is 0.0247. The highest BCUT2D eigenvalue weighted by Gasteiger charge is 2.32. The number of likely N-dealkylation sites (tertiary alicyclic amines) is 1. The van der Waals surface area contributed by atoms with Gasteiger partial charge in [0.15, 0.2) is 0 Å². The zero-order valence-corrected chi connectivity index (χ0v) is 21.5. The van der Waals surface area contributed by atoms with Gasteiger partial charge in [0.1, 0.15) is 0 Å². The molecule has 37 heavy (non-hydrogen) atoms. The van der Waals surface area contributed by atoms with Gasteiger partial charge >= 0.3 is 6.18 Å². The van der Waals surface area contributed by atoms with Crippen molar-refractivity contribution in [3.8, 4) is 0 Å². The highest BCUT2D eigenvalue weighted by molar-refractivity contribution is 5.93. The molecule has 2 aromatic carbocycles. The molecule has 0 radical (unpaired) electrons. The van der Waals surface area contributed by atoms with Gasteiger partial charge in [0, 0.05) is 45.2 Å². The van der Waals surface area contributed by atoms with Crippen LogP contribution in [0.2, 0.25) is 0 Å². The molecule has 2 heterocycles. The van der Waals surface area contributed by atoms with E-state index in [4.69, 9.17) is 4.98 Å². The average Bonchev–Trinajstić information content (AvgIpc) is 3.47. The number of rotatable bonds is 7. The number of nitrogens with zero attached hydrogens (tertiary/aromatic N) is 4. The Bertz CT molecular complexity index is 1280. The fraction of sp³-hybridized carbons (Fsp3) is 0.444. The summed E-state index contributed by atoms with van der Waals surface area (Å²) in [4.78, 5) is 33.7. The van der Waals surface area contributed by atoms with Crippen molar-refractivity contribution in [2.45, 2.75) is 45.3 Å². The number of amides is 2. The van der Waals surface area contributed by atoms with Gasteiger partial charge in [0.2, 0.25) is 17.8 Å². The normalized spacial score (nSPS) is 16.0. The van der Waals surface area contributed by atoms with Crippen LogP contribution in [0, 0.1) is 5.92 Å². The molecule has 2 amide bonds. The van der Waals surface area contributed by atoms with Crippen molar-refractivity contribution in [3.05, 3.63) is 53.6 Å². The first-order valence-electron chi connectivity index (χ1n) is 12.4. The summed E-state index contributed by atoms with van der Waals surface area (Å²) in [5.41, 5.74) is 2.23. The van der Waals surface area contributed by atoms with Gasteiger partial charge in [0.05, 0.1) is 22.6 Å². The number of carbonyl (C=O) groups excluding carboxylic acids is 2.